The number of guanidine groups is 1. The van der Waals surface area contributed by atoms with Gasteiger partial charge in [-0.15, -0.1) is 0 Å². The van der Waals surface area contributed by atoms with Crippen LogP contribution in [0.15, 0.2) is 39.1 Å². The molecule has 1 unspecified atom stereocenters. The molecule has 29 heavy (non-hydrogen) atoms. The van der Waals surface area contributed by atoms with E-state index in [0.29, 0.717) is 31.7 Å². The summed E-state index contributed by atoms with van der Waals surface area (Å²) in [5.41, 5.74) is 0.460. The number of aliphatic imine (C=N–C) groups is 2. The summed E-state index contributed by atoms with van der Waals surface area (Å²) < 4.78 is 38.9. The van der Waals surface area contributed by atoms with Crippen LogP contribution in [0, 0.1) is 0 Å². The molecule has 156 valence electrons. The summed E-state index contributed by atoms with van der Waals surface area (Å²) in [6.07, 6.45) is -1.79. The Labute approximate surface area is 168 Å². The third kappa shape index (κ3) is 4.20. The van der Waals surface area contributed by atoms with Gasteiger partial charge in [0, 0.05) is 45.8 Å². The molecule has 1 aromatic carbocycles. The van der Waals surface area contributed by atoms with Gasteiger partial charge in [0.25, 0.3) is 11.8 Å². The van der Waals surface area contributed by atoms with Gasteiger partial charge in [-0.1, -0.05) is 0 Å². The van der Waals surface area contributed by atoms with Crippen molar-refractivity contribution < 1.29 is 22.4 Å². The van der Waals surface area contributed by atoms with E-state index in [4.69, 9.17) is 0 Å². The molecule has 2 aliphatic heterocycles. The minimum absolute atomic E-state index is 0.0753. The molecule has 2 amide bonds. The predicted molar refractivity (Wildman–Crippen MR) is 105 cm³/mol. The van der Waals surface area contributed by atoms with Gasteiger partial charge in [0.05, 0.1) is 10.6 Å². The summed E-state index contributed by atoms with van der Waals surface area (Å²) in [5.74, 6) is -0.908. The van der Waals surface area contributed by atoms with Gasteiger partial charge in [-0.3, -0.25) is 9.59 Å². The normalized spacial score (nSPS) is 20.6. The first-order chi connectivity index (χ1) is 13.6. The minimum Gasteiger partial charge on any atom is -0.337 e. The van der Waals surface area contributed by atoms with E-state index < -0.39 is 22.1 Å². The Morgan fingerprint density at radius 2 is 1.69 bits per heavy atom. The fourth-order valence-corrected chi connectivity index (χ4v) is 3.89. The number of hydrogen-bond acceptors (Lipinski definition) is 6. The molecule has 1 fully saturated rings. The lowest BCUT2D eigenvalue weighted by molar-refractivity contribution is -0.120. The van der Waals surface area contributed by atoms with Crippen molar-refractivity contribution in [2.45, 2.75) is 18.0 Å². The SMILES string of the molecule is CC1=NC(N2CCN(C(=O)c3ccc(S(=O)(=O)N(C)C)cc3)CC2)=NC(=O)C1F. The highest BCUT2D eigenvalue weighted by Crippen LogP contribution is 2.17. The van der Waals surface area contributed by atoms with Crippen LogP contribution in [0.25, 0.3) is 0 Å². The number of alkyl halides is 1. The van der Waals surface area contributed by atoms with Crippen molar-refractivity contribution in [3.63, 3.8) is 0 Å². The number of nitrogens with zero attached hydrogens (tertiary/aromatic N) is 5. The average Bonchev–Trinajstić information content (AvgIpc) is 2.71. The third-order valence-electron chi connectivity index (χ3n) is 4.80. The van der Waals surface area contributed by atoms with E-state index in [1.165, 1.54) is 45.3 Å². The monoisotopic (exact) mass is 423 g/mol. The van der Waals surface area contributed by atoms with Gasteiger partial charge in [0.2, 0.25) is 22.2 Å². The number of piperazine rings is 1. The second-order valence-corrected chi connectivity index (χ2v) is 9.11. The van der Waals surface area contributed by atoms with E-state index >= 15 is 0 Å². The molecule has 0 saturated carbocycles. The molecule has 0 aromatic heterocycles. The Morgan fingerprint density at radius 1 is 1.10 bits per heavy atom. The van der Waals surface area contributed by atoms with E-state index in [9.17, 15) is 22.4 Å². The van der Waals surface area contributed by atoms with Gasteiger partial charge in [-0.25, -0.2) is 22.1 Å². The highest BCUT2D eigenvalue weighted by atomic mass is 32.2. The second kappa shape index (κ2) is 7.99. The lowest BCUT2D eigenvalue weighted by atomic mass is 10.2. The summed E-state index contributed by atoms with van der Waals surface area (Å²) in [7, 11) is -0.671. The molecule has 1 atom stereocenters. The molecule has 1 aromatic rings. The Kier molecular flexibility index (Phi) is 5.80. The van der Waals surface area contributed by atoms with Gasteiger partial charge in [-0.2, -0.15) is 4.99 Å². The van der Waals surface area contributed by atoms with E-state index in [1.54, 1.807) is 9.80 Å². The van der Waals surface area contributed by atoms with Crippen LogP contribution in [0.1, 0.15) is 17.3 Å². The molecular formula is C18H22FN5O4S. The zero-order valence-corrected chi connectivity index (χ0v) is 17.2. The number of carbonyl (C=O) groups is 2. The van der Waals surface area contributed by atoms with E-state index in [1.807, 2.05) is 0 Å². The lowest BCUT2D eigenvalue weighted by Crippen LogP contribution is -2.51. The highest BCUT2D eigenvalue weighted by molar-refractivity contribution is 7.89. The van der Waals surface area contributed by atoms with Crippen LogP contribution in [0.5, 0.6) is 0 Å². The molecule has 9 nitrogen and oxygen atoms in total. The number of rotatable bonds is 3. The highest BCUT2D eigenvalue weighted by Gasteiger charge is 2.30. The van der Waals surface area contributed by atoms with Crippen molar-refractivity contribution in [1.82, 2.24) is 14.1 Å². The average molecular weight is 423 g/mol. The predicted octanol–water partition coefficient (Wildman–Crippen LogP) is 0.390. The van der Waals surface area contributed by atoms with Crippen LogP contribution < -0.4 is 0 Å². The molecule has 11 heteroatoms. The number of amides is 2. The molecule has 0 aliphatic carbocycles. The first-order valence-corrected chi connectivity index (χ1v) is 10.4. The maximum atomic E-state index is 13.5. The standard InChI is InChI=1S/C18H22FN5O4S/c1-12-15(19)16(25)21-18(20-12)24-10-8-23(9-11-24)17(26)13-4-6-14(7-5-13)29(27,28)22(2)3/h4-7,15H,8-11H2,1-3H3. The summed E-state index contributed by atoms with van der Waals surface area (Å²) >= 11 is 0. The quantitative estimate of drug-likeness (QED) is 0.700. The van der Waals surface area contributed by atoms with Crippen molar-refractivity contribution >= 4 is 33.5 Å². The number of carbonyl (C=O) groups excluding carboxylic acids is 2. The van der Waals surface area contributed by atoms with Gasteiger partial charge in [0.15, 0.2) is 0 Å². The van der Waals surface area contributed by atoms with Gasteiger partial charge in [0.1, 0.15) is 0 Å². The van der Waals surface area contributed by atoms with Crippen LogP contribution in [0.4, 0.5) is 4.39 Å². The maximum absolute atomic E-state index is 13.5. The Hall–Kier alpha value is -2.66. The second-order valence-electron chi connectivity index (χ2n) is 6.96. The molecule has 0 radical (unpaired) electrons. The van der Waals surface area contributed by atoms with Crippen LogP contribution in [0.2, 0.25) is 0 Å². The van der Waals surface area contributed by atoms with Gasteiger partial charge in [-0.05, 0) is 31.2 Å². The third-order valence-corrected chi connectivity index (χ3v) is 6.63. The van der Waals surface area contributed by atoms with E-state index in [-0.39, 0.29) is 22.5 Å². The van der Waals surface area contributed by atoms with Crippen molar-refractivity contribution in [3.05, 3.63) is 29.8 Å². The number of sulfonamides is 1. The van der Waals surface area contributed by atoms with Crippen LogP contribution in [-0.2, 0) is 14.8 Å². The first-order valence-electron chi connectivity index (χ1n) is 9.00. The maximum Gasteiger partial charge on any atom is 0.289 e. The molecule has 1 saturated heterocycles. The largest absolute Gasteiger partial charge is 0.337 e. The molecule has 3 rings (SSSR count). The topological polar surface area (TPSA) is 103 Å². The van der Waals surface area contributed by atoms with Crippen molar-refractivity contribution in [2.75, 3.05) is 40.3 Å². The van der Waals surface area contributed by atoms with E-state index in [0.717, 1.165) is 4.31 Å². The fraction of sp³-hybridized carbons (Fsp3) is 0.444. The molecule has 2 heterocycles. The Balaban J connectivity index is 1.65. The zero-order valence-electron chi connectivity index (χ0n) is 16.4. The molecule has 0 bridgehead atoms. The van der Waals surface area contributed by atoms with Crippen LogP contribution in [-0.4, -0.2) is 92.5 Å². The van der Waals surface area contributed by atoms with Crippen molar-refractivity contribution in [3.8, 4) is 0 Å². The van der Waals surface area contributed by atoms with Gasteiger partial charge < -0.3 is 9.80 Å². The summed E-state index contributed by atoms with van der Waals surface area (Å²) in [4.78, 5) is 35.5. The van der Waals surface area contributed by atoms with Gasteiger partial charge >= 0.3 is 0 Å². The summed E-state index contributed by atoms with van der Waals surface area (Å²) in [6.45, 7) is 2.99. The number of halogens is 1. The number of hydrogen-bond donors (Lipinski definition) is 0. The van der Waals surface area contributed by atoms with Crippen molar-refractivity contribution in [2.24, 2.45) is 9.98 Å². The number of benzene rings is 1. The zero-order chi connectivity index (χ0) is 21.3. The van der Waals surface area contributed by atoms with E-state index in [2.05, 4.69) is 9.98 Å². The smallest absolute Gasteiger partial charge is 0.289 e. The molecular weight excluding hydrogens is 401 g/mol. The molecule has 2 aliphatic rings. The van der Waals surface area contributed by atoms with Crippen LogP contribution in [0.3, 0.4) is 0 Å². The van der Waals surface area contributed by atoms with Crippen LogP contribution >= 0.6 is 0 Å². The fourth-order valence-electron chi connectivity index (χ4n) is 2.99. The minimum atomic E-state index is -3.55. The summed E-state index contributed by atoms with van der Waals surface area (Å²) in [6, 6.07) is 5.80. The molecule has 0 N–H and O–H groups in total. The van der Waals surface area contributed by atoms with Crippen molar-refractivity contribution in [1.29, 1.82) is 0 Å². The lowest BCUT2D eigenvalue weighted by Gasteiger charge is -2.35. The Bertz CT molecular complexity index is 980. The summed E-state index contributed by atoms with van der Waals surface area (Å²) in [5, 5.41) is 0. The Morgan fingerprint density at radius 3 is 2.21 bits per heavy atom. The first kappa shape index (κ1) is 21.1. The molecule has 0 spiro atoms.